The molecule has 0 aliphatic carbocycles. The van der Waals surface area contributed by atoms with Gasteiger partial charge < -0.3 is 16.2 Å². The van der Waals surface area contributed by atoms with Crippen molar-refractivity contribution < 1.29 is 5.11 Å². The maximum absolute atomic E-state index is 8.80. The van der Waals surface area contributed by atoms with Crippen LogP contribution in [-0.2, 0) is 0 Å². The van der Waals surface area contributed by atoms with Crippen molar-refractivity contribution in [1.82, 2.24) is 5.32 Å². The summed E-state index contributed by atoms with van der Waals surface area (Å²) in [6.45, 7) is 6.69. The maximum Gasteiger partial charge on any atom is 0.0607 e. The van der Waals surface area contributed by atoms with Gasteiger partial charge in [0, 0.05) is 18.1 Å². The molecule has 1 atom stereocenters. The molecule has 0 spiro atoms. The van der Waals surface area contributed by atoms with Gasteiger partial charge in [0.2, 0.25) is 0 Å². The molecule has 0 heterocycles. The lowest BCUT2D eigenvalue weighted by atomic mass is 10.1. The summed E-state index contributed by atoms with van der Waals surface area (Å²) >= 11 is 0. The molecule has 4 N–H and O–H groups in total. The zero-order chi connectivity index (χ0) is 8.20. The van der Waals surface area contributed by atoms with Crippen molar-refractivity contribution in [3.8, 4) is 0 Å². The van der Waals surface area contributed by atoms with Crippen LogP contribution in [0.25, 0.3) is 0 Å². The van der Waals surface area contributed by atoms with E-state index in [9.17, 15) is 0 Å². The Labute approximate surface area is 62.6 Å². The molecule has 0 aromatic carbocycles. The van der Waals surface area contributed by atoms with Gasteiger partial charge >= 0.3 is 0 Å². The summed E-state index contributed by atoms with van der Waals surface area (Å²) in [6.07, 6.45) is 0. The minimum Gasteiger partial charge on any atom is -0.394 e. The summed E-state index contributed by atoms with van der Waals surface area (Å²) in [4.78, 5) is 0. The lowest BCUT2D eigenvalue weighted by Crippen LogP contribution is -2.47. The summed E-state index contributed by atoms with van der Waals surface area (Å²) in [7, 11) is 0. The first-order chi connectivity index (χ1) is 4.48. The lowest BCUT2D eigenvalue weighted by molar-refractivity contribution is 0.187. The van der Waals surface area contributed by atoms with Gasteiger partial charge in [-0.15, -0.1) is 0 Å². The van der Waals surface area contributed by atoms with E-state index in [4.69, 9.17) is 10.8 Å². The van der Waals surface area contributed by atoms with Crippen LogP contribution in [0.3, 0.4) is 0 Å². The third kappa shape index (κ3) is 4.73. The molecule has 0 radical (unpaired) electrons. The molecule has 1 unspecified atom stereocenters. The molecule has 10 heavy (non-hydrogen) atoms. The van der Waals surface area contributed by atoms with Crippen LogP contribution in [0.5, 0.6) is 0 Å². The Morgan fingerprint density at radius 1 is 1.60 bits per heavy atom. The van der Waals surface area contributed by atoms with Crippen LogP contribution in [0.15, 0.2) is 0 Å². The van der Waals surface area contributed by atoms with Crippen LogP contribution in [0.1, 0.15) is 20.8 Å². The summed E-state index contributed by atoms with van der Waals surface area (Å²) in [6, 6.07) is 0.144. The maximum atomic E-state index is 8.80. The quantitative estimate of drug-likeness (QED) is 0.510. The van der Waals surface area contributed by atoms with Gasteiger partial charge in [0.05, 0.1) is 6.61 Å². The molecule has 0 rings (SSSR count). The molecule has 0 amide bonds. The van der Waals surface area contributed by atoms with E-state index in [1.807, 2.05) is 20.8 Å². The van der Waals surface area contributed by atoms with Crippen molar-refractivity contribution in [2.45, 2.75) is 32.4 Å². The minimum atomic E-state index is -0.201. The fraction of sp³-hybridized carbons (Fsp3) is 1.00. The molecule has 0 fully saturated rings. The predicted molar refractivity (Wildman–Crippen MR) is 42.8 cm³/mol. The zero-order valence-electron chi connectivity index (χ0n) is 7.02. The first-order valence-corrected chi connectivity index (χ1v) is 3.59. The second-order valence-corrected chi connectivity index (χ2v) is 3.40. The molecule has 62 valence electrons. The smallest absolute Gasteiger partial charge is 0.0607 e. The van der Waals surface area contributed by atoms with Crippen LogP contribution in [-0.4, -0.2) is 29.8 Å². The average molecular weight is 146 g/mol. The molecule has 0 bridgehead atoms. The average Bonchev–Trinajstić information content (AvgIpc) is 1.85. The van der Waals surface area contributed by atoms with E-state index in [1.54, 1.807) is 0 Å². The molecule has 0 saturated heterocycles. The Balaban J connectivity index is 3.46. The topological polar surface area (TPSA) is 58.3 Å². The van der Waals surface area contributed by atoms with Crippen LogP contribution < -0.4 is 11.1 Å². The van der Waals surface area contributed by atoms with Gasteiger partial charge in [-0.25, -0.2) is 0 Å². The van der Waals surface area contributed by atoms with Crippen LogP contribution in [0.2, 0.25) is 0 Å². The Hall–Kier alpha value is -0.120. The molecule has 0 aliphatic rings. The zero-order valence-corrected chi connectivity index (χ0v) is 7.02. The van der Waals surface area contributed by atoms with Crippen molar-refractivity contribution in [1.29, 1.82) is 0 Å². The highest BCUT2D eigenvalue weighted by Gasteiger charge is 2.14. The number of nitrogens with two attached hydrogens (primary N) is 1. The van der Waals surface area contributed by atoms with Crippen LogP contribution >= 0.6 is 0 Å². The van der Waals surface area contributed by atoms with Gasteiger partial charge in [-0.3, -0.25) is 0 Å². The number of nitrogens with one attached hydrogen (secondary N) is 1. The van der Waals surface area contributed by atoms with Gasteiger partial charge in [-0.1, -0.05) is 0 Å². The Bertz CT molecular complexity index is 91.6. The number of rotatable bonds is 4. The van der Waals surface area contributed by atoms with Crippen molar-refractivity contribution in [3.05, 3.63) is 0 Å². The van der Waals surface area contributed by atoms with Gasteiger partial charge in [0.15, 0.2) is 0 Å². The molecule has 0 saturated carbocycles. The van der Waals surface area contributed by atoms with Crippen LogP contribution in [0, 0.1) is 0 Å². The number of aliphatic hydroxyl groups is 1. The summed E-state index contributed by atoms with van der Waals surface area (Å²) in [5.41, 5.74) is 5.31. The van der Waals surface area contributed by atoms with Crippen LogP contribution in [0.4, 0.5) is 0 Å². The van der Waals surface area contributed by atoms with E-state index >= 15 is 0 Å². The van der Waals surface area contributed by atoms with Crippen molar-refractivity contribution in [3.63, 3.8) is 0 Å². The fourth-order valence-corrected chi connectivity index (χ4v) is 0.493. The Morgan fingerprint density at radius 3 is 2.40 bits per heavy atom. The van der Waals surface area contributed by atoms with Crippen molar-refractivity contribution in [2.75, 3.05) is 13.2 Å². The molecule has 3 heteroatoms. The standard InChI is InChI=1S/C7H18N2O/c1-6(8)4-9-7(2,3)5-10/h6,9-10H,4-5,8H2,1-3H3. The second kappa shape index (κ2) is 3.91. The number of hydrogen-bond donors (Lipinski definition) is 3. The van der Waals surface area contributed by atoms with Gasteiger partial charge in [0.1, 0.15) is 0 Å². The van der Waals surface area contributed by atoms with Crippen molar-refractivity contribution in [2.24, 2.45) is 5.73 Å². The molecule has 0 aromatic rings. The van der Waals surface area contributed by atoms with E-state index in [0.717, 1.165) is 6.54 Å². The fourth-order valence-electron chi connectivity index (χ4n) is 0.493. The largest absolute Gasteiger partial charge is 0.394 e. The highest BCUT2D eigenvalue weighted by atomic mass is 16.3. The van der Waals surface area contributed by atoms with Crippen molar-refractivity contribution >= 4 is 0 Å². The van der Waals surface area contributed by atoms with E-state index in [0.29, 0.717) is 0 Å². The highest BCUT2D eigenvalue weighted by Crippen LogP contribution is 1.98. The normalized spacial score (nSPS) is 15.3. The van der Waals surface area contributed by atoms with E-state index < -0.39 is 0 Å². The number of hydrogen-bond acceptors (Lipinski definition) is 3. The molecular formula is C7H18N2O. The van der Waals surface area contributed by atoms with E-state index in [1.165, 1.54) is 0 Å². The first kappa shape index (κ1) is 9.88. The summed E-state index contributed by atoms with van der Waals surface area (Å²) < 4.78 is 0. The lowest BCUT2D eigenvalue weighted by Gasteiger charge is -2.24. The first-order valence-electron chi connectivity index (χ1n) is 3.59. The van der Waals surface area contributed by atoms with E-state index in [-0.39, 0.29) is 18.2 Å². The summed E-state index contributed by atoms with van der Waals surface area (Å²) in [5, 5.41) is 11.9. The molecule has 0 aromatic heterocycles. The minimum absolute atomic E-state index is 0.139. The predicted octanol–water partition coefficient (Wildman–Crippen LogP) is -0.306. The third-order valence-electron chi connectivity index (χ3n) is 1.30. The second-order valence-electron chi connectivity index (χ2n) is 3.40. The SMILES string of the molecule is CC(N)CNC(C)(C)CO. The molecule has 0 aliphatic heterocycles. The van der Waals surface area contributed by atoms with E-state index in [2.05, 4.69) is 5.32 Å². The Morgan fingerprint density at radius 2 is 2.10 bits per heavy atom. The summed E-state index contributed by atoms with van der Waals surface area (Å²) in [5.74, 6) is 0. The highest BCUT2D eigenvalue weighted by molar-refractivity contribution is 4.77. The third-order valence-corrected chi connectivity index (χ3v) is 1.30. The molecule has 3 nitrogen and oxygen atoms in total. The van der Waals surface area contributed by atoms with Gasteiger partial charge in [-0.05, 0) is 20.8 Å². The monoisotopic (exact) mass is 146 g/mol. The number of aliphatic hydroxyl groups excluding tert-OH is 1. The molecular weight excluding hydrogens is 128 g/mol. The Kier molecular flexibility index (Phi) is 3.86. The van der Waals surface area contributed by atoms with Gasteiger partial charge in [0.25, 0.3) is 0 Å². The van der Waals surface area contributed by atoms with Gasteiger partial charge in [-0.2, -0.15) is 0 Å².